The van der Waals surface area contributed by atoms with E-state index in [1.54, 1.807) is 16.7 Å². The van der Waals surface area contributed by atoms with Crippen LogP contribution in [0.15, 0.2) is 64.5 Å². The van der Waals surface area contributed by atoms with Gasteiger partial charge in [-0.1, -0.05) is 54.2 Å². The van der Waals surface area contributed by atoms with Gasteiger partial charge >= 0.3 is 0 Å². The van der Waals surface area contributed by atoms with Gasteiger partial charge in [0.1, 0.15) is 0 Å². The molecule has 0 radical (unpaired) electrons. The first-order valence-corrected chi connectivity index (χ1v) is 11.2. The largest absolute Gasteiger partial charge is 0.396 e. The number of benzene rings is 2. The molecule has 2 N–H and O–H groups in total. The Morgan fingerprint density at radius 2 is 1.90 bits per heavy atom. The van der Waals surface area contributed by atoms with Crippen molar-refractivity contribution in [3.63, 3.8) is 0 Å². The lowest BCUT2D eigenvalue weighted by Crippen LogP contribution is -2.31. The molecule has 1 aliphatic rings. The molecule has 1 heterocycles. The Morgan fingerprint density at radius 3 is 2.63 bits per heavy atom. The Balaban J connectivity index is 1.51. The predicted molar refractivity (Wildman–Crippen MR) is 118 cm³/mol. The van der Waals surface area contributed by atoms with Crippen LogP contribution < -0.4 is 10.9 Å². The van der Waals surface area contributed by atoms with Gasteiger partial charge < -0.3 is 10.4 Å². The van der Waals surface area contributed by atoms with E-state index in [4.69, 9.17) is 0 Å². The average molecular weight is 424 g/mol. The smallest absolute Gasteiger partial charge is 0.262 e. The van der Waals surface area contributed by atoms with E-state index in [-0.39, 0.29) is 29.9 Å². The van der Waals surface area contributed by atoms with Crippen molar-refractivity contribution < 1.29 is 9.90 Å². The van der Waals surface area contributed by atoms with E-state index in [1.807, 2.05) is 42.5 Å². The van der Waals surface area contributed by atoms with Gasteiger partial charge in [-0.3, -0.25) is 14.2 Å². The topological polar surface area (TPSA) is 84.2 Å². The Hall–Kier alpha value is -2.64. The molecule has 3 aromatic rings. The van der Waals surface area contributed by atoms with Crippen molar-refractivity contribution in [2.45, 2.75) is 37.0 Å². The number of thioether (sulfide) groups is 1. The summed E-state index contributed by atoms with van der Waals surface area (Å²) in [5, 5.41) is 13.4. The number of aromatic nitrogens is 2. The number of aliphatic hydroxyl groups is 1. The average Bonchev–Trinajstić information content (AvgIpc) is 3.61. The normalized spacial score (nSPS) is 14.6. The number of fused-ring (bicyclic) bond motifs is 1. The van der Waals surface area contributed by atoms with Crippen LogP contribution in [0.4, 0.5) is 0 Å². The van der Waals surface area contributed by atoms with E-state index in [2.05, 4.69) is 10.3 Å². The highest BCUT2D eigenvalue weighted by atomic mass is 32.2. The summed E-state index contributed by atoms with van der Waals surface area (Å²) in [6, 6.07) is 17.3. The SMILES string of the molecule is O=C(CSc1nc2ccccc2c(=O)n1CCCO)NC(c1ccccc1)C1CC1. The van der Waals surface area contributed by atoms with Crippen molar-refractivity contribution in [2.24, 2.45) is 5.92 Å². The molecule has 0 bridgehead atoms. The third-order valence-corrected chi connectivity index (χ3v) is 6.24. The number of aliphatic hydroxyl groups excluding tert-OH is 1. The highest BCUT2D eigenvalue weighted by Crippen LogP contribution is 2.41. The number of nitrogens with zero attached hydrogens (tertiary/aromatic N) is 2. The molecule has 1 saturated carbocycles. The summed E-state index contributed by atoms with van der Waals surface area (Å²) in [7, 11) is 0. The number of amides is 1. The second kappa shape index (κ2) is 9.45. The zero-order valence-corrected chi connectivity index (χ0v) is 17.5. The van der Waals surface area contributed by atoms with Gasteiger partial charge in [-0.15, -0.1) is 0 Å². The highest BCUT2D eigenvalue weighted by Gasteiger charge is 2.33. The lowest BCUT2D eigenvalue weighted by molar-refractivity contribution is -0.119. The molecule has 1 aliphatic carbocycles. The molecule has 1 aromatic heterocycles. The van der Waals surface area contributed by atoms with Gasteiger partial charge in [0.2, 0.25) is 5.91 Å². The lowest BCUT2D eigenvalue weighted by atomic mass is 10.0. The van der Waals surface area contributed by atoms with Crippen LogP contribution in [0.3, 0.4) is 0 Å². The quantitative estimate of drug-likeness (QED) is 0.408. The molecule has 6 nitrogen and oxygen atoms in total. The molecule has 30 heavy (non-hydrogen) atoms. The number of nitrogens with one attached hydrogen (secondary N) is 1. The van der Waals surface area contributed by atoms with Gasteiger partial charge in [-0.25, -0.2) is 4.98 Å². The van der Waals surface area contributed by atoms with Crippen LogP contribution in [-0.4, -0.2) is 32.9 Å². The van der Waals surface area contributed by atoms with E-state index in [0.29, 0.717) is 34.9 Å². The second-order valence-electron chi connectivity index (χ2n) is 7.53. The van der Waals surface area contributed by atoms with Gasteiger partial charge in [0.15, 0.2) is 5.16 Å². The molecule has 1 unspecified atom stereocenters. The van der Waals surface area contributed by atoms with E-state index in [0.717, 1.165) is 18.4 Å². The molecule has 4 rings (SSSR count). The number of hydrogen-bond donors (Lipinski definition) is 2. The third-order valence-electron chi connectivity index (χ3n) is 5.27. The fourth-order valence-electron chi connectivity index (χ4n) is 3.59. The molecular weight excluding hydrogens is 398 g/mol. The molecule has 7 heteroatoms. The summed E-state index contributed by atoms with van der Waals surface area (Å²) in [6.07, 6.45) is 2.71. The van der Waals surface area contributed by atoms with Crippen molar-refractivity contribution in [2.75, 3.05) is 12.4 Å². The van der Waals surface area contributed by atoms with E-state index in [1.165, 1.54) is 11.8 Å². The van der Waals surface area contributed by atoms with Crippen molar-refractivity contribution >= 4 is 28.6 Å². The first kappa shape index (κ1) is 20.6. The molecule has 156 valence electrons. The first-order chi connectivity index (χ1) is 14.7. The van der Waals surface area contributed by atoms with Crippen LogP contribution in [0.5, 0.6) is 0 Å². The Bertz CT molecular complexity index is 1080. The van der Waals surface area contributed by atoms with Gasteiger partial charge in [-0.05, 0) is 42.9 Å². The Labute approximate surface area is 179 Å². The number of carbonyl (C=O) groups is 1. The van der Waals surface area contributed by atoms with Crippen LogP contribution in [-0.2, 0) is 11.3 Å². The Morgan fingerprint density at radius 1 is 1.17 bits per heavy atom. The van der Waals surface area contributed by atoms with Crippen LogP contribution in [0.1, 0.15) is 30.9 Å². The van der Waals surface area contributed by atoms with Gasteiger partial charge in [0.05, 0.1) is 22.7 Å². The molecule has 0 spiro atoms. The summed E-state index contributed by atoms with van der Waals surface area (Å²) in [5.41, 5.74) is 1.60. The van der Waals surface area contributed by atoms with Gasteiger partial charge in [0, 0.05) is 13.2 Å². The third kappa shape index (κ3) is 4.74. The molecular formula is C23H25N3O3S. The minimum Gasteiger partial charge on any atom is -0.396 e. The number of hydrogen-bond acceptors (Lipinski definition) is 5. The number of para-hydroxylation sites is 1. The fourth-order valence-corrected chi connectivity index (χ4v) is 4.43. The summed E-state index contributed by atoms with van der Waals surface area (Å²) in [4.78, 5) is 30.2. The molecule has 1 fully saturated rings. The summed E-state index contributed by atoms with van der Waals surface area (Å²) in [6.45, 7) is 0.357. The minimum atomic E-state index is -0.142. The van der Waals surface area contributed by atoms with Crippen molar-refractivity contribution in [3.8, 4) is 0 Å². The molecule has 0 aliphatic heterocycles. The minimum absolute atomic E-state index is 0.00992. The molecule has 1 atom stereocenters. The second-order valence-corrected chi connectivity index (χ2v) is 8.47. The zero-order valence-electron chi connectivity index (χ0n) is 16.7. The monoisotopic (exact) mass is 423 g/mol. The maximum Gasteiger partial charge on any atom is 0.262 e. The molecule has 1 amide bonds. The highest BCUT2D eigenvalue weighted by molar-refractivity contribution is 7.99. The van der Waals surface area contributed by atoms with E-state index >= 15 is 0 Å². The maximum absolute atomic E-state index is 12.9. The molecule has 2 aromatic carbocycles. The van der Waals surface area contributed by atoms with Crippen LogP contribution >= 0.6 is 11.8 Å². The van der Waals surface area contributed by atoms with Gasteiger partial charge in [-0.2, -0.15) is 0 Å². The summed E-state index contributed by atoms with van der Waals surface area (Å²) >= 11 is 1.26. The standard InChI is InChI=1S/C23H25N3O3S/c27-14-6-13-26-22(29)18-9-4-5-10-19(18)24-23(26)30-15-20(28)25-21(17-11-12-17)16-7-2-1-3-8-16/h1-5,7-10,17,21,27H,6,11-15H2,(H,25,28). The van der Waals surface area contributed by atoms with Gasteiger partial charge in [0.25, 0.3) is 5.56 Å². The maximum atomic E-state index is 12.9. The van der Waals surface area contributed by atoms with Crippen LogP contribution in [0.2, 0.25) is 0 Å². The summed E-state index contributed by atoms with van der Waals surface area (Å²) in [5.74, 6) is 0.597. The zero-order chi connectivity index (χ0) is 20.9. The summed E-state index contributed by atoms with van der Waals surface area (Å²) < 4.78 is 1.56. The van der Waals surface area contributed by atoms with E-state index in [9.17, 15) is 14.7 Å². The van der Waals surface area contributed by atoms with E-state index < -0.39 is 0 Å². The van der Waals surface area contributed by atoms with Crippen molar-refractivity contribution in [1.29, 1.82) is 0 Å². The van der Waals surface area contributed by atoms with Crippen molar-refractivity contribution in [1.82, 2.24) is 14.9 Å². The first-order valence-electron chi connectivity index (χ1n) is 10.2. The van der Waals surface area contributed by atoms with Crippen LogP contribution in [0.25, 0.3) is 10.9 Å². The predicted octanol–water partition coefficient (Wildman–Crippen LogP) is 3.14. The number of rotatable bonds is 9. The fraction of sp³-hybridized carbons (Fsp3) is 0.348. The molecule has 0 saturated heterocycles. The number of carbonyl (C=O) groups excluding carboxylic acids is 1. The lowest BCUT2D eigenvalue weighted by Gasteiger charge is -2.19. The Kier molecular flexibility index (Phi) is 6.50. The van der Waals surface area contributed by atoms with Crippen molar-refractivity contribution in [3.05, 3.63) is 70.5 Å². The van der Waals surface area contributed by atoms with Crippen LogP contribution in [0, 0.1) is 5.92 Å².